The quantitative estimate of drug-likeness (QED) is 0.401. The van der Waals surface area contributed by atoms with E-state index in [1.165, 1.54) is 9.69 Å². The molecule has 1 aromatic rings. The van der Waals surface area contributed by atoms with Gasteiger partial charge in [0.15, 0.2) is 0 Å². The number of carbonyl (C=O) groups excluding carboxylic acids is 5. The zero-order valence-electron chi connectivity index (χ0n) is 19.0. The van der Waals surface area contributed by atoms with E-state index in [0.29, 0.717) is 24.9 Å². The van der Waals surface area contributed by atoms with Crippen molar-refractivity contribution in [3.63, 3.8) is 0 Å². The van der Waals surface area contributed by atoms with Crippen LogP contribution in [0.5, 0.6) is 0 Å². The van der Waals surface area contributed by atoms with Crippen LogP contribution in [0.25, 0.3) is 0 Å². The lowest BCUT2D eigenvalue weighted by Gasteiger charge is -2.43. The molecule has 3 rings (SSSR count). The van der Waals surface area contributed by atoms with Gasteiger partial charge in [0.25, 0.3) is 11.8 Å². The van der Waals surface area contributed by atoms with Crippen LogP contribution in [0.4, 0.5) is 0 Å². The number of amides is 4. The summed E-state index contributed by atoms with van der Waals surface area (Å²) in [6.45, 7) is 4.24. The van der Waals surface area contributed by atoms with E-state index in [2.05, 4.69) is 15.7 Å². The largest absolute Gasteiger partial charge is 0.481 e. The maximum Gasteiger partial charge on any atom is 0.305 e. The van der Waals surface area contributed by atoms with Crippen molar-refractivity contribution in [1.29, 1.82) is 0 Å². The van der Waals surface area contributed by atoms with Gasteiger partial charge in [0.2, 0.25) is 11.8 Å². The molecule has 2 aliphatic rings. The van der Waals surface area contributed by atoms with Gasteiger partial charge in [0, 0.05) is 19.5 Å². The van der Waals surface area contributed by atoms with Gasteiger partial charge in [-0.25, -0.2) is 5.01 Å². The minimum absolute atomic E-state index is 0.0103. The van der Waals surface area contributed by atoms with E-state index in [-0.39, 0.29) is 37.4 Å². The third-order valence-corrected chi connectivity index (χ3v) is 5.79. The van der Waals surface area contributed by atoms with Crippen molar-refractivity contribution in [3.05, 3.63) is 17.5 Å². The third-order valence-electron chi connectivity index (χ3n) is 5.79. The summed E-state index contributed by atoms with van der Waals surface area (Å²) in [6.07, 6.45) is 0.391. The van der Waals surface area contributed by atoms with Gasteiger partial charge in [-0.1, -0.05) is 0 Å². The molecule has 3 N–H and O–H groups in total. The minimum Gasteiger partial charge on any atom is -0.481 e. The van der Waals surface area contributed by atoms with E-state index in [9.17, 15) is 28.8 Å². The maximum absolute atomic E-state index is 13.5. The van der Waals surface area contributed by atoms with Gasteiger partial charge >= 0.3 is 5.97 Å². The zero-order chi connectivity index (χ0) is 25.0. The highest BCUT2D eigenvalue weighted by Gasteiger charge is 2.45. The molecule has 0 radical (unpaired) electrons. The van der Waals surface area contributed by atoms with Crippen LogP contribution in [0.2, 0.25) is 0 Å². The Kier molecular flexibility index (Phi) is 7.64. The summed E-state index contributed by atoms with van der Waals surface area (Å²) in [6, 6.07) is -1.86. The molecular weight excluding hydrogens is 448 g/mol. The lowest BCUT2D eigenvalue weighted by molar-refractivity contribution is -0.176. The van der Waals surface area contributed by atoms with Crippen molar-refractivity contribution in [2.24, 2.45) is 0 Å². The summed E-state index contributed by atoms with van der Waals surface area (Å²) in [4.78, 5) is 74.1. The zero-order valence-corrected chi connectivity index (χ0v) is 19.0. The Morgan fingerprint density at radius 2 is 2.03 bits per heavy atom. The molecule has 0 spiro atoms. The van der Waals surface area contributed by atoms with Crippen molar-refractivity contribution in [3.8, 4) is 0 Å². The Balaban J connectivity index is 1.83. The van der Waals surface area contributed by atoms with Gasteiger partial charge in [-0.3, -0.25) is 33.7 Å². The van der Waals surface area contributed by atoms with Gasteiger partial charge < -0.3 is 20.5 Å². The Hall–Kier alpha value is -3.77. The summed E-state index contributed by atoms with van der Waals surface area (Å²) in [7, 11) is 0. The van der Waals surface area contributed by atoms with Gasteiger partial charge in [-0.2, -0.15) is 5.10 Å². The number of carboxylic acids is 1. The van der Waals surface area contributed by atoms with Crippen LogP contribution < -0.4 is 10.6 Å². The Morgan fingerprint density at radius 1 is 1.29 bits per heavy atom. The molecule has 0 aromatic carbocycles. The van der Waals surface area contributed by atoms with E-state index in [1.54, 1.807) is 13.0 Å². The Labute approximate surface area is 195 Å². The number of hydrazine groups is 1. The average molecular weight is 476 g/mol. The van der Waals surface area contributed by atoms with Crippen molar-refractivity contribution < 1.29 is 33.9 Å². The number of nitrogens with zero attached hydrogens (tertiary/aromatic N) is 4. The lowest BCUT2D eigenvalue weighted by atomic mass is 10.0. The highest BCUT2D eigenvalue weighted by molar-refractivity contribution is 5.99. The van der Waals surface area contributed by atoms with Crippen LogP contribution in [0.1, 0.15) is 55.2 Å². The molecule has 34 heavy (non-hydrogen) atoms. The number of hydrogen-bond acceptors (Lipinski definition) is 7. The van der Waals surface area contributed by atoms with E-state index in [1.807, 2.05) is 6.92 Å². The minimum atomic E-state index is -1.27. The van der Waals surface area contributed by atoms with Crippen LogP contribution in [0.15, 0.2) is 6.07 Å². The van der Waals surface area contributed by atoms with E-state index < -0.39 is 48.2 Å². The SMILES string of the molecule is CCn1nc(C)cc1C(=O)N[C@H]1CCC(=O)N2CCC[C@@H](C(=O)N[C@H](C=O)CC(=O)O)N2C1=O. The second-order valence-corrected chi connectivity index (χ2v) is 8.26. The maximum atomic E-state index is 13.5. The fourth-order valence-corrected chi connectivity index (χ4v) is 4.21. The fourth-order valence-electron chi connectivity index (χ4n) is 4.21. The van der Waals surface area contributed by atoms with Crippen LogP contribution in [-0.4, -0.2) is 85.5 Å². The normalized spacial score (nSPS) is 21.4. The first-order chi connectivity index (χ1) is 16.2. The molecule has 2 aliphatic heterocycles. The first-order valence-electron chi connectivity index (χ1n) is 11.1. The number of aromatic nitrogens is 2. The molecule has 3 atom stereocenters. The average Bonchev–Trinajstić information content (AvgIpc) is 3.15. The predicted octanol–water partition coefficient (Wildman–Crippen LogP) is -1.00. The molecule has 3 heterocycles. The summed E-state index contributed by atoms with van der Waals surface area (Å²) in [5.74, 6) is -3.53. The van der Waals surface area contributed by atoms with E-state index in [4.69, 9.17) is 5.11 Å². The van der Waals surface area contributed by atoms with E-state index >= 15 is 0 Å². The number of nitrogens with one attached hydrogen (secondary N) is 2. The van der Waals surface area contributed by atoms with Crippen LogP contribution in [0, 0.1) is 6.92 Å². The van der Waals surface area contributed by atoms with Gasteiger partial charge in [-0.15, -0.1) is 0 Å². The Morgan fingerprint density at radius 3 is 2.68 bits per heavy atom. The molecule has 184 valence electrons. The standard InChI is InChI=1S/C21H28N6O7/c1-3-25-16(9-12(2)24-25)20(33)23-14-6-7-17(29)26-8-4-5-15(27(26)21(14)34)19(32)22-13(11-28)10-18(30)31/h9,11,13-15H,3-8,10H2,1-2H3,(H,22,32)(H,23,33)(H,30,31)/t13-,14-,15-/m0/s1. The highest BCUT2D eigenvalue weighted by atomic mass is 16.4. The number of aryl methyl sites for hydroxylation is 2. The summed E-state index contributed by atoms with van der Waals surface area (Å²) >= 11 is 0. The highest BCUT2D eigenvalue weighted by Crippen LogP contribution is 2.25. The first-order valence-corrected chi connectivity index (χ1v) is 11.1. The van der Waals surface area contributed by atoms with Gasteiger partial charge in [0.1, 0.15) is 24.1 Å². The molecule has 4 amide bonds. The summed E-state index contributed by atoms with van der Waals surface area (Å²) in [5, 5.41) is 20.4. The van der Waals surface area contributed by atoms with Crippen molar-refractivity contribution >= 4 is 35.9 Å². The number of rotatable bonds is 8. The smallest absolute Gasteiger partial charge is 0.305 e. The summed E-state index contributed by atoms with van der Waals surface area (Å²) in [5.41, 5.74) is 0.912. The van der Waals surface area contributed by atoms with Crippen molar-refractivity contribution in [2.45, 2.75) is 70.6 Å². The van der Waals surface area contributed by atoms with Crippen molar-refractivity contribution in [2.75, 3.05) is 6.54 Å². The molecule has 13 nitrogen and oxygen atoms in total. The predicted molar refractivity (Wildman–Crippen MR) is 115 cm³/mol. The van der Waals surface area contributed by atoms with Crippen LogP contribution >= 0.6 is 0 Å². The molecule has 0 saturated carbocycles. The number of aliphatic carboxylic acids is 1. The second kappa shape index (κ2) is 10.4. The molecule has 13 heteroatoms. The molecule has 0 bridgehead atoms. The number of fused-ring (bicyclic) bond motifs is 1. The number of carboxylic acid groups (broad SMARTS) is 1. The lowest BCUT2D eigenvalue weighted by Crippen LogP contribution is -2.64. The number of carbonyl (C=O) groups is 6. The second-order valence-electron chi connectivity index (χ2n) is 8.26. The molecule has 0 aliphatic carbocycles. The molecule has 2 saturated heterocycles. The number of aldehydes is 1. The molecular formula is C21H28N6O7. The summed E-state index contributed by atoms with van der Waals surface area (Å²) < 4.78 is 1.50. The third kappa shape index (κ3) is 5.24. The topological polar surface area (TPSA) is 171 Å². The monoisotopic (exact) mass is 476 g/mol. The number of hydrogen-bond donors (Lipinski definition) is 3. The van der Waals surface area contributed by atoms with Gasteiger partial charge in [0.05, 0.1) is 18.2 Å². The van der Waals surface area contributed by atoms with Crippen LogP contribution in [0.3, 0.4) is 0 Å². The molecule has 0 unspecified atom stereocenters. The molecule has 1 aromatic heterocycles. The molecule has 2 fully saturated rings. The van der Waals surface area contributed by atoms with Gasteiger partial charge in [-0.05, 0) is 39.2 Å². The van der Waals surface area contributed by atoms with Crippen LogP contribution in [-0.2, 0) is 30.5 Å². The fraction of sp³-hybridized carbons (Fsp3) is 0.571. The van der Waals surface area contributed by atoms with E-state index in [0.717, 1.165) is 5.01 Å². The Bertz CT molecular complexity index is 1010. The first kappa shape index (κ1) is 24.9. The van der Waals surface area contributed by atoms with Crippen molar-refractivity contribution in [1.82, 2.24) is 30.4 Å².